The molecule has 20 heavy (non-hydrogen) atoms. The average molecular weight is 276 g/mol. The van der Waals surface area contributed by atoms with Crippen molar-refractivity contribution in [3.63, 3.8) is 0 Å². The van der Waals surface area contributed by atoms with Gasteiger partial charge >= 0.3 is 0 Å². The van der Waals surface area contributed by atoms with E-state index in [0.717, 1.165) is 13.1 Å². The summed E-state index contributed by atoms with van der Waals surface area (Å²) in [6.07, 6.45) is 5.76. The molecule has 1 aliphatic heterocycles. The molecule has 0 bridgehead atoms. The van der Waals surface area contributed by atoms with E-state index in [4.69, 9.17) is 0 Å². The predicted octanol–water partition coefficient (Wildman–Crippen LogP) is 4.02. The van der Waals surface area contributed by atoms with E-state index in [-0.39, 0.29) is 0 Å². The Labute approximate surface area is 125 Å². The molecule has 2 nitrogen and oxygen atoms in total. The average Bonchev–Trinajstić information content (AvgIpc) is 2.77. The highest BCUT2D eigenvalue weighted by atomic mass is 15.1. The molecule has 0 N–H and O–H groups in total. The van der Waals surface area contributed by atoms with Gasteiger partial charge in [-0.25, -0.2) is 0 Å². The summed E-state index contributed by atoms with van der Waals surface area (Å²) in [7, 11) is 2.13. The van der Waals surface area contributed by atoms with Gasteiger partial charge in [0.15, 0.2) is 0 Å². The molecule has 0 aliphatic carbocycles. The fourth-order valence-electron chi connectivity index (χ4n) is 2.46. The van der Waals surface area contributed by atoms with Gasteiger partial charge in [-0.1, -0.05) is 57.0 Å². The molecule has 1 heterocycles. The Morgan fingerprint density at radius 1 is 0.950 bits per heavy atom. The Balaban J connectivity index is 0.000000204. The van der Waals surface area contributed by atoms with Crippen molar-refractivity contribution in [2.45, 2.75) is 46.1 Å². The number of hydrogen-bond donors (Lipinski definition) is 0. The van der Waals surface area contributed by atoms with Gasteiger partial charge in [0, 0.05) is 6.54 Å². The molecule has 0 unspecified atom stereocenters. The minimum Gasteiger partial charge on any atom is -0.304 e. The van der Waals surface area contributed by atoms with Gasteiger partial charge in [-0.15, -0.1) is 0 Å². The Kier molecular flexibility index (Phi) is 9.35. The summed E-state index contributed by atoms with van der Waals surface area (Å²) in [4.78, 5) is 4.84. The van der Waals surface area contributed by atoms with Crippen LogP contribution in [0.15, 0.2) is 30.3 Å². The van der Waals surface area contributed by atoms with Crippen molar-refractivity contribution < 1.29 is 0 Å². The molecule has 1 fully saturated rings. The van der Waals surface area contributed by atoms with Crippen LogP contribution >= 0.6 is 0 Å². The van der Waals surface area contributed by atoms with E-state index >= 15 is 0 Å². The fourth-order valence-corrected chi connectivity index (χ4v) is 2.46. The maximum Gasteiger partial charge on any atom is 0.0230 e. The summed E-state index contributed by atoms with van der Waals surface area (Å²) in [6.45, 7) is 10.5. The molecular formula is C18H32N2. The highest BCUT2D eigenvalue weighted by molar-refractivity contribution is 5.14. The van der Waals surface area contributed by atoms with Crippen LogP contribution in [0, 0.1) is 0 Å². The van der Waals surface area contributed by atoms with Crippen molar-refractivity contribution in [1.29, 1.82) is 0 Å². The quantitative estimate of drug-likeness (QED) is 0.819. The van der Waals surface area contributed by atoms with Gasteiger partial charge in [-0.2, -0.15) is 0 Å². The van der Waals surface area contributed by atoms with E-state index < -0.39 is 0 Å². The maximum absolute atomic E-state index is 2.55. The van der Waals surface area contributed by atoms with E-state index in [0.29, 0.717) is 0 Å². The molecule has 2 heteroatoms. The first kappa shape index (κ1) is 17.2. The van der Waals surface area contributed by atoms with Crippen molar-refractivity contribution in [3.8, 4) is 0 Å². The Bertz CT molecular complexity index is 315. The van der Waals surface area contributed by atoms with Gasteiger partial charge in [0.2, 0.25) is 0 Å². The first-order valence-corrected chi connectivity index (χ1v) is 8.21. The molecule has 0 radical (unpaired) electrons. The number of likely N-dealkylation sites (tertiary alicyclic amines) is 1. The fraction of sp³-hybridized carbons (Fsp3) is 0.667. The zero-order chi connectivity index (χ0) is 14.6. The number of nitrogens with zero attached hydrogens (tertiary/aromatic N) is 2. The molecule has 2 rings (SSSR count). The summed E-state index contributed by atoms with van der Waals surface area (Å²) in [6, 6.07) is 10.5. The molecule has 0 aromatic heterocycles. The van der Waals surface area contributed by atoms with Crippen LogP contribution in [-0.2, 0) is 6.54 Å². The lowest BCUT2D eigenvalue weighted by Gasteiger charge is -2.15. The minimum atomic E-state index is 1.05. The van der Waals surface area contributed by atoms with Crippen LogP contribution in [0.3, 0.4) is 0 Å². The zero-order valence-electron chi connectivity index (χ0n) is 13.6. The van der Waals surface area contributed by atoms with Crippen LogP contribution in [-0.4, -0.2) is 43.0 Å². The van der Waals surface area contributed by atoms with Crippen molar-refractivity contribution in [1.82, 2.24) is 9.80 Å². The third kappa shape index (κ3) is 7.66. The van der Waals surface area contributed by atoms with Crippen molar-refractivity contribution >= 4 is 0 Å². The third-order valence-electron chi connectivity index (χ3n) is 3.98. The molecule has 114 valence electrons. The van der Waals surface area contributed by atoms with Gasteiger partial charge in [-0.3, -0.25) is 0 Å². The summed E-state index contributed by atoms with van der Waals surface area (Å²) in [5.41, 5.74) is 1.39. The number of rotatable bonds is 4. The largest absolute Gasteiger partial charge is 0.304 e. The summed E-state index contributed by atoms with van der Waals surface area (Å²) >= 11 is 0. The lowest BCUT2D eigenvalue weighted by molar-refractivity contribution is 0.301. The molecule has 1 aliphatic rings. The molecule has 0 amide bonds. The van der Waals surface area contributed by atoms with Crippen LogP contribution in [0.5, 0.6) is 0 Å². The standard InChI is InChI=1S/C10H15N.C8H17N/c1-3-11(2)9-10-7-5-4-6-8-10;1-2-9-7-5-3-4-6-8-9/h4-8H,3,9H2,1-2H3;2-8H2,1H3. The van der Waals surface area contributed by atoms with E-state index in [1.54, 1.807) is 0 Å². The monoisotopic (exact) mass is 276 g/mol. The van der Waals surface area contributed by atoms with Crippen molar-refractivity contribution in [3.05, 3.63) is 35.9 Å². The van der Waals surface area contributed by atoms with Crippen LogP contribution in [0.2, 0.25) is 0 Å². The highest BCUT2D eigenvalue weighted by Gasteiger charge is 2.04. The van der Waals surface area contributed by atoms with E-state index in [1.165, 1.54) is 50.9 Å². The second-order valence-electron chi connectivity index (χ2n) is 5.66. The molecule has 0 spiro atoms. The number of hydrogen-bond acceptors (Lipinski definition) is 2. The van der Waals surface area contributed by atoms with E-state index in [2.05, 4.69) is 61.0 Å². The van der Waals surface area contributed by atoms with Gasteiger partial charge in [0.05, 0.1) is 0 Å². The second-order valence-corrected chi connectivity index (χ2v) is 5.66. The lowest BCUT2D eigenvalue weighted by Crippen LogP contribution is -2.23. The molecule has 1 saturated heterocycles. The molecule has 0 saturated carbocycles. The first-order chi connectivity index (χ1) is 9.76. The lowest BCUT2D eigenvalue weighted by atomic mass is 10.2. The topological polar surface area (TPSA) is 6.48 Å². The Hall–Kier alpha value is -0.860. The zero-order valence-corrected chi connectivity index (χ0v) is 13.6. The van der Waals surface area contributed by atoms with Crippen molar-refractivity contribution in [2.75, 3.05) is 33.2 Å². The summed E-state index contributed by atoms with van der Waals surface area (Å²) in [5, 5.41) is 0. The molecular weight excluding hydrogens is 244 g/mol. The second kappa shape index (κ2) is 10.9. The maximum atomic E-state index is 2.55. The molecule has 0 atom stereocenters. The van der Waals surface area contributed by atoms with Gasteiger partial charge in [0.1, 0.15) is 0 Å². The molecule has 1 aromatic rings. The van der Waals surface area contributed by atoms with E-state index in [1.807, 2.05) is 0 Å². The SMILES string of the molecule is CCN(C)Cc1ccccc1.CCN1CCCCCC1. The van der Waals surface area contributed by atoms with Crippen LogP contribution in [0.1, 0.15) is 45.1 Å². The third-order valence-corrected chi connectivity index (χ3v) is 3.98. The van der Waals surface area contributed by atoms with Gasteiger partial charge in [-0.05, 0) is 51.6 Å². The van der Waals surface area contributed by atoms with Crippen LogP contribution < -0.4 is 0 Å². The Morgan fingerprint density at radius 2 is 1.55 bits per heavy atom. The van der Waals surface area contributed by atoms with Crippen molar-refractivity contribution in [2.24, 2.45) is 0 Å². The number of benzene rings is 1. The van der Waals surface area contributed by atoms with E-state index in [9.17, 15) is 0 Å². The van der Waals surface area contributed by atoms with Crippen LogP contribution in [0.4, 0.5) is 0 Å². The summed E-state index contributed by atoms with van der Waals surface area (Å²) < 4.78 is 0. The first-order valence-electron chi connectivity index (χ1n) is 8.21. The normalized spacial score (nSPS) is 16.4. The Morgan fingerprint density at radius 3 is 2.05 bits per heavy atom. The highest BCUT2D eigenvalue weighted by Crippen LogP contribution is 2.08. The van der Waals surface area contributed by atoms with Crippen LogP contribution in [0.25, 0.3) is 0 Å². The molecule has 1 aromatic carbocycles. The van der Waals surface area contributed by atoms with Gasteiger partial charge < -0.3 is 9.80 Å². The summed E-state index contributed by atoms with van der Waals surface area (Å²) in [5.74, 6) is 0. The predicted molar refractivity (Wildman–Crippen MR) is 89.0 cm³/mol. The van der Waals surface area contributed by atoms with Gasteiger partial charge in [0.25, 0.3) is 0 Å². The minimum absolute atomic E-state index is 1.05. The smallest absolute Gasteiger partial charge is 0.0230 e.